The van der Waals surface area contributed by atoms with Crippen LogP contribution < -0.4 is 5.32 Å². The Balaban J connectivity index is 1.05. The number of hydrogen-bond acceptors (Lipinski definition) is 6. The molecule has 0 spiro atoms. The number of benzene rings is 7. The molecule has 0 fully saturated rings. The topological polar surface area (TPSA) is 77.0 Å². The van der Waals surface area contributed by atoms with Gasteiger partial charge in [-0.2, -0.15) is 0 Å². The summed E-state index contributed by atoms with van der Waals surface area (Å²) in [4.78, 5) is 15.4. The molecule has 10 aromatic rings. The quantitative estimate of drug-likeness (QED) is 0.193. The fourth-order valence-corrected chi connectivity index (χ4v) is 7.90. The van der Waals surface area contributed by atoms with E-state index >= 15 is 0 Å². The lowest BCUT2D eigenvalue weighted by Crippen LogP contribution is -2.04. The first kappa shape index (κ1) is 30.3. The number of nitrogens with zero attached hydrogens (tertiary/aromatic N) is 3. The van der Waals surface area contributed by atoms with Gasteiger partial charge in [-0.05, 0) is 63.4 Å². The van der Waals surface area contributed by atoms with E-state index in [4.69, 9.17) is 23.8 Å². The number of hydrogen-bond donors (Lipinski definition) is 1. The molecule has 0 saturated heterocycles. The zero-order valence-electron chi connectivity index (χ0n) is 29.0. The van der Waals surface area contributed by atoms with E-state index in [1.54, 1.807) is 0 Å². The van der Waals surface area contributed by atoms with Gasteiger partial charge in [0.1, 0.15) is 16.7 Å². The van der Waals surface area contributed by atoms with Crippen LogP contribution in [0, 0.1) is 0 Å². The van der Waals surface area contributed by atoms with Gasteiger partial charge in [-0.3, -0.25) is 0 Å². The van der Waals surface area contributed by atoms with Crippen molar-refractivity contribution in [3.05, 3.63) is 163 Å². The van der Waals surface area contributed by atoms with Gasteiger partial charge in [0.25, 0.3) is 0 Å². The minimum atomic E-state index is 0.591. The number of nitrogens with one attached hydrogen (secondary N) is 1. The van der Waals surface area contributed by atoms with Crippen molar-refractivity contribution < 1.29 is 8.83 Å². The van der Waals surface area contributed by atoms with E-state index in [-0.39, 0.29) is 0 Å². The Bertz CT molecular complexity index is 3100. The van der Waals surface area contributed by atoms with Crippen molar-refractivity contribution in [2.45, 2.75) is 0 Å². The van der Waals surface area contributed by atoms with Crippen molar-refractivity contribution in [2.24, 2.45) is 0 Å². The van der Waals surface area contributed by atoms with Crippen LogP contribution in [0.1, 0.15) is 5.76 Å². The Hall–Kier alpha value is -7.31. The molecule has 0 unspecified atom stereocenters. The number of furan rings is 2. The molecular weight excluding hydrogens is 665 g/mol. The summed E-state index contributed by atoms with van der Waals surface area (Å²) < 4.78 is 12.4. The fraction of sp³-hybridized carbons (Fsp3) is 0.0208. The van der Waals surface area contributed by atoms with Crippen molar-refractivity contribution in [1.29, 1.82) is 0 Å². The molecule has 0 atom stereocenters. The molecule has 0 radical (unpaired) electrons. The first-order valence-corrected chi connectivity index (χ1v) is 18.1. The van der Waals surface area contributed by atoms with Gasteiger partial charge in [-0.15, -0.1) is 0 Å². The summed E-state index contributed by atoms with van der Waals surface area (Å²) in [6.07, 6.45) is 4.08. The Labute approximate surface area is 310 Å². The third-order valence-corrected chi connectivity index (χ3v) is 10.4. The van der Waals surface area contributed by atoms with Gasteiger partial charge in [0, 0.05) is 34.0 Å². The van der Waals surface area contributed by atoms with Crippen LogP contribution >= 0.6 is 0 Å². The van der Waals surface area contributed by atoms with Crippen LogP contribution in [0.25, 0.3) is 106 Å². The Kier molecular flexibility index (Phi) is 6.82. The van der Waals surface area contributed by atoms with Crippen LogP contribution in [-0.2, 0) is 0 Å². The largest absolute Gasteiger partial charge is 0.456 e. The molecule has 6 heteroatoms. The summed E-state index contributed by atoms with van der Waals surface area (Å²) in [5.74, 6) is 2.62. The third kappa shape index (κ3) is 4.85. The van der Waals surface area contributed by atoms with Gasteiger partial charge in [-0.1, -0.05) is 133 Å². The molecule has 254 valence electrons. The van der Waals surface area contributed by atoms with E-state index in [9.17, 15) is 0 Å². The molecular formula is C48H30N4O2. The average Bonchev–Trinajstić information content (AvgIpc) is 3.82. The summed E-state index contributed by atoms with van der Waals surface area (Å²) in [7, 11) is 0. The van der Waals surface area contributed by atoms with Gasteiger partial charge in [0.15, 0.2) is 23.2 Å². The van der Waals surface area contributed by atoms with E-state index < -0.39 is 0 Å². The van der Waals surface area contributed by atoms with Gasteiger partial charge in [0.2, 0.25) is 0 Å². The molecule has 0 aliphatic carbocycles. The van der Waals surface area contributed by atoms with E-state index in [0.717, 1.165) is 101 Å². The molecule has 11 rings (SSSR count). The average molecular weight is 695 g/mol. The highest BCUT2D eigenvalue weighted by Crippen LogP contribution is 2.42. The highest BCUT2D eigenvalue weighted by Gasteiger charge is 2.22. The lowest BCUT2D eigenvalue weighted by molar-refractivity contribution is 0.604. The van der Waals surface area contributed by atoms with Gasteiger partial charge in [0.05, 0.1) is 11.1 Å². The second-order valence-corrected chi connectivity index (χ2v) is 13.5. The molecule has 1 N–H and O–H groups in total. The molecule has 3 aromatic heterocycles. The van der Waals surface area contributed by atoms with Crippen LogP contribution in [0.15, 0.2) is 167 Å². The van der Waals surface area contributed by atoms with Crippen molar-refractivity contribution in [3.8, 4) is 56.4 Å². The summed E-state index contributed by atoms with van der Waals surface area (Å²) in [5, 5.41) is 8.92. The second-order valence-electron chi connectivity index (χ2n) is 13.5. The Morgan fingerprint density at radius 3 is 1.80 bits per heavy atom. The number of para-hydroxylation sites is 1. The smallest absolute Gasteiger partial charge is 0.164 e. The van der Waals surface area contributed by atoms with Gasteiger partial charge < -0.3 is 14.2 Å². The summed E-state index contributed by atoms with van der Waals surface area (Å²) in [6, 6.07) is 52.3. The second kappa shape index (κ2) is 12.1. The fourth-order valence-electron chi connectivity index (χ4n) is 7.90. The minimum Gasteiger partial charge on any atom is -0.456 e. The molecule has 7 aromatic carbocycles. The number of anilines is 1. The van der Waals surface area contributed by atoms with Crippen LogP contribution in [-0.4, -0.2) is 21.5 Å². The zero-order valence-corrected chi connectivity index (χ0v) is 29.0. The Morgan fingerprint density at radius 1 is 0.407 bits per heavy atom. The van der Waals surface area contributed by atoms with Crippen molar-refractivity contribution in [2.75, 3.05) is 11.9 Å². The van der Waals surface area contributed by atoms with Crippen LogP contribution in [0.4, 0.5) is 5.69 Å². The summed E-state index contributed by atoms with van der Waals surface area (Å²) in [5.41, 5.74) is 10.9. The van der Waals surface area contributed by atoms with Crippen molar-refractivity contribution in [1.82, 2.24) is 15.0 Å². The first-order chi connectivity index (χ1) is 26.8. The molecule has 1 aliphatic rings. The molecule has 0 bridgehead atoms. The maximum atomic E-state index is 6.24. The molecule has 4 heterocycles. The molecule has 6 nitrogen and oxygen atoms in total. The highest BCUT2D eigenvalue weighted by atomic mass is 16.3. The summed E-state index contributed by atoms with van der Waals surface area (Å²) in [6.45, 7) is 0.729. The number of rotatable bonds is 5. The van der Waals surface area contributed by atoms with Crippen molar-refractivity contribution >= 4 is 55.4 Å². The van der Waals surface area contributed by atoms with E-state index in [0.29, 0.717) is 17.5 Å². The predicted molar refractivity (Wildman–Crippen MR) is 219 cm³/mol. The van der Waals surface area contributed by atoms with E-state index in [1.807, 2.05) is 66.7 Å². The van der Waals surface area contributed by atoms with Gasteiger partial charge >= 0.3 is 0 Å². The molecule has 54 heavy (non-hydrogen) atoms. The monoisotopic (exact) mass is 694 g/mol. The Morgan fingerprint density at radius 2 is 1.00 bits per heavy atom. The third-order valence-electron chi connectivity index (χ3n) is 10.4. The lowest BCUT2D eigenvalue weighted by atomic mass is 9.93. The van der Waals surface area contributed by atoms with Gasteiger partial charge in [-0.25, -0.2) is 15.0 Å². The number of aromatic nitrogens is 3. The van der Waals surface area contributed by atoms with Crippen LogP contribution in [0.2, 0.25) is 0 Å². The maximum absolute atomic E-state index is 6.24. The highest BCUT2D eigenvalue weighted by molar-refractivity contribution is 6.12. The predicted octanol–water partition coefficient (Wildman–Crippen LogP) is 12.4. The zero-order chi connectivity index (χ0) is 35.6. The minimum absolute atomic E-state index is 0.591. The van der Waals surface area contributed by atoms with Crippen molar-refractivity contribution in [3.63, 3.8) is 0 Å². The van der Waals surface area contributed by atoms with Crippen LogP contribution in [0.5, 0.6) is 0 Å². The van der Waals surface area contributed by atoms with Crippen LogP contribution in [0.3, 0.4) is 0 Å². The lowest BCUT2D eigenvalue weighted by Gasteiger charge is -2.14. The SMILES string of the molecule is C1=Cc2oc3cccc(-c4nc(-c5ccccc5)nc(-c5ccc(-c6ccc(-c7cccc8oc9ccccc9c78)cc6)c6ccccc56)n4)c3c2NC1. The number of fused-ring (bicyclic) bond motifs is 7. The molecule has 0 saturated carbocycles. The summed E-state index contributed by atoms with van der Waals surface area (Å²) >= 11 is 0. The van der Waals surface area contributed by atoms with E-state index in [2.05, 4.69) is 102 Å². The molecule has 1 aliphatic heterocycles. The standard InChI is InChI=1S/C48H30N4O2/c1-2-11-31(12-3-1)46-50-47(52-48(51-46)38-17-9-20-41-44(38)45-42(54-41)21-10-28-49-45)36-27-26-32(34-13-4-5-14-35(34)36)29-22-24-30(25-23-29)33-16-8-19-40-43(33)37-15-6-7-18-39(37)53-40/h1-27,49H,28H2. The normalized spacial score (nSPS) is 12.4. The van der Waals surface area contributed by atoms with E-state index in [1.165, 1.54) is 0 Å². The molecule has 0 amide bonds. The maximum Gasteiger partial charge on any atom is 0.164 e. The first-order valence-electron chi connectivity index (χ1n) is 18.1.